The Bertz CT molecular complexity index is 905. The van der Waals surface area contributed by atoms with Gasteiger partial charge in [-0.25, -0.2) is 4.99 Å². The van der Waals surface area contributed by atoms with Crippen molar-refractivity contribution in [2.24, 2.45) is 4.99 Å². The number of nitriles is 1. The Hall–Kier alpha value is -2.59. The van der Waals surface area contributed by atoms with E-state index in [9.17, 15) is 15.4 Å². The van der Waals surface area contributed by atoms with Crippen molar-refractivity contribution in [3.05, 3.63) is 61.8 Å². The highest BCUT2D eigenvalue weighted by atomic mass is 32.1. The normalized spacial score (nSPS) is 22.2. The average Bonchev–Trinajstić information content (AvgIpc) is 2.67. The Morgan fingerprint density at radius 2 is 2.00 bits per heavy atom. The molecular weight excluding hydrogens is 360 g/mol. The molecule has 6 nitrogen and oxygen atoms in total. The number of nitro groups is 1. The zero-order valence-electron chi connectivity index (χ0n) is 15.5. The number of likely N-dealkylation sites (tertiary alicyclic amines) is 1. The van der Waals surface area contributed by atoms with Gasteiger partial charge >= 0.3 is 0 Å². The lowest BCUT2D eigenvalue weighted by Gasteiger charge is -2.34. The van der Waals surface area contributed by atoms with E-state index >= 15 is 0 Å². The predicted octanol–water partition coefficient (Wildman–Crippen LogP) is 4.58. The molecule has 7 heteroatoms. The fourth-order valence-electron chi connectivity index (χ4n) is 3.96. The van der Waals surface area contributed by atoms with Crippen molar-refractivity contribution in [2.45, 2.75) is 39.0 Å². The van der Waals surface area contributed by atoms with Crippen LogP contribution in [-0.2, 0) is 0 Å². The van der Waals surface area contributed by atoms with Crippen molar-refractivity contribution in [3.63, 3.8) is 0 Å². The van der Waals surface area contributed by atoms with Gasteiger partial charge in [-0.05, 0) is 33.1 Å². The first-order valence-corrected chi connectivity index (χ1v) is 9.48. The van der Waals surface area contributed by atoms with E-state index in [4.69, 9.17) is 0 Å². The van der Waals surface area contributed by atoms with Gasteiger partial charge in [0.2, 0.25) is 0 Å². The van der Waals surface area contributed by atoms with E-state index in [0.29, 0.717) is 16.2 Å². The number of nitrogens with zero attached hydrogens (tertiary/aromatic N) is 4. The van der Waals surface area contributed by atoms with E-state index in [2.05, 4.69) is 28.6 Å². The van der Waals surface area contributed by atoms with Crippen molar-refractivity contribution in [2.75, 3.05) is 13.1 Å². The van der Waals surface area contributed by atoms with Gasteiger partial charge < -0.3 is 4.90 Å². The van der Waals surface area contributed by atoms with Crippen molar-refractivity contribution < 1.29 is 4.92 Å². The second-order valence-corrected chi connectivity index (χ2v) is 7.27. The van der Waals surface area contributed by atoms with Crippen molar-refractivity contribution in [1.82, 2.24) is 4.90 Å². The van der Waals surface area contributed by atoms with Gasteiger partial charge in [0.1, 0.15) is 5.03 Å². The fraction of sp³-hybridized carbons (Fsp3) is 0.400. The van der Waals surface area contributed by atoms with Gasteiger partial charge in [-0.3, -0.25) is 10.1 Å². The van der Waals surface area contributed by atoms with E-state index in [-0.39, 0.29) is 5.69 Å². The average molecular weight is 382 g/mol. The molecule has 2 aliphatic rings. The SMILES string of the molecule is CC1=NC(S)=C(C#N)C(c2ccccc2[N+](=O)[O-])/C1=C(\C)N1CCCCC1. The first-order valence-electron chi connectivity index (χ1n) is 9.03. The van der Waals surface area contributed by atoms with Crippen LogP contribution in [0.1, 0.15) is 44.6 Å². The minimum atomic E-state index is -0.538. The molecule has 0 spiro atoms. The van der Waals surface area contributed by atoms with Crippen LogP contribution < -0.4 is 0 Å². The lowest BCUT2D eigenvalue weighted by Crippen LogP contribution is -2.31. The maximum absolute atomic E-state index is 11.6. The third-order valence-corrected chi connectivity index (χ3v) is 5.61. The van der Waals surface area contributed by atoms with E-state index in [1.54, 1.807) is 18.2 Å². The van der Waals surface area contributed by atoms with Gasteiger partial charge in [0.25, 0.3) is 5.69 Å². The van der Waals surface area contributed by atoms with Crippen molar-refractivity contribution in [1.29, 1.82) is 5.26 Å². The van der Waals surface area contributed by atoms with Crippen LogP contribution in [0.3, 0.4) is 0 Å². The smallest absolute Gasteiger partial charge is 0.273 e. The monoisotopic (exact) mass is 382 g/mol. The summed E-state index contributed by atoms with van der Waals surface area (Å²) < 4.78 is 0. The molecule has 0 aliphatic carbocycles. The number of benzene rings is 1. The molecule has 0 amide bonds. The number of hydrogen-bond acceptors (Lipinski definition) is 6. The number of piperidine rings is 1. The topological polar surface area (TPSA) is 82.5 Å². The molecule has 1 aromatic carbocycles. The van der Waals surface area contributed by atoms with Gasteiger partial charge in [-0.15, -0.1) is 12.6 Å². The number of thiol groups is 1. The van der Waals surface area contributed by atoms with Crippen molar-refractivity contribution in [3.8, 4) is 6.07 Å². The minimum absolute atomic E-state index is 0.00928. The molecule has 140 valence electrons. The van der Waals surface area contributed by atoms with Crippen LogP contribution in [0.25, 0.3) is 0 Å². The molecule has 0 saturated carbocycles. The maximum atomic E-state index is 11.6. The van der Waals surface area contributed by atoms with E-state index in [0.717, 1.165) is 42.9 Å². The zero-order valence-corrected chi connectivity index (χ0v) is 16.4. The molecule has 2 aliphatic heterocycles. The summed E-state index contributed by atoms with van der Waals surface area (Å²) in [7, 11) is 0. The predicted molar refractivity (Wildman–Crippen MR) is 109 cm³/mol. The fourth-order valence-corrected chi connectivity index (χ4v) is 4.28. The van der Waals surface area contributed by atoms with Crippen LogP contribution in [0.4, 0.5) is 5.69 Å². The highest BCUT2D eigenvalue weighted by Gasteiger charge is 2.35. The first-order chi connectivity index (χ1) is 13.0. The van der Waals surface area contributed by atoms with Gasteiger partial charge in [0, 0.05) is 41.7 Å². The third-order valence-electron chi connectivity index (χ3n) is 5.27. The third kappa shape index (κ3) is 3.62. The molecule has 0 bridgehead atoms. The molecule has 0 aromatic heterocycles. The Morgan fingerprint density at radius 3 is 2.63 bits per heavy atom. The lowest BCUT2D eigenvalue weighted by molar-refractivity contribution is -0.385. The van der Waals surface area contributed by atoms with Gasteiger partial charge in [0.15, 0.2) is 0 Å². The molecule has 1 unspecified atom stereocenters. The summed E-state index contributed by atoms with van der Waals surface area (Å²) in [6.45, 7) is 5.81. The van der Waals surface area contributed by atoms with Crippen LogP contribution >= 0.6 is 12.6 Å². The molecule has 1 saturated heterocycles. The van der Waals surface area contributed by atoms with E-state index in [1.165, 1.54) is 12.5 Å². The molecule has 3 rings (SSSR count). The molecule has 2 heterocycles. The zero-order chi connectivity index (χ0) is 19.6. The highest BCUT2D eigenvalue weighted by Crippen LogP contribution is 2.44. The van der Waals surface area contributed by atoms with Gasteiger partial charge in [-0.1, -0.05) is 18.2 Å². The number of allylic oxidation sites excluding steroid dienone is 3. The lowest BCUT2D eigenvalue weighted by atomic mass is 9.80. The molecule has 1 fully saturated rings. The molecular formula is C20H22N4O2S. The van der Waals surface area contributed by atoms with Crippen LogP contribution in [0.2, 0.25) is 0 Å². The van der Waals surface area contributed by atoms with Crippen LogP contribution in [0, 0.1) is 21.4 Å². The summed E-state index contributed by atoms with van der Waals surface area (Å²) in [6.07, 6.45) is 3.45. The molecule has 1 aromatic rings. The highest BCUT2D eigenvalue weighted by molar-refractivity contribution is 7.84. The number of aliphatic imine (C=N–C) groups is 1. The first kappa shape index (κ1) is 19.2. The van der Waals surface area contributed by atoms with Crippen LogP contribution in [0.5, 0.6) is 0 Å². The largest absolute Gasteiger partial charge is 0.375 e. The second kappa shape index (κ2) is 7.97. The summed E-state index contributed by atoms with van der Waals surface area (Å²) in [5.41, 5.74) is 3.53. The number of hydrogen-bond donors (Lipinski definition) is 1. The number of nitro benzene ring substituents is 1. The van der Waals surface area contributed by atoms with Gasteiger partial charge in [0.05, 0.1) is 22.5 Å². The summed E-state index contributed by atoms with van der Waals surface area (Å²) in [4.78, 5) is 18.0. The van der Waals surface area contributed by atoms with Gasteiger partial charge in [-0.2, -0.15) is 5.26 Å². The minimum Gasteiger partial charge on any atom is -0.375 e. The summed E-state index contributed by atoms with van der Waals surface area (Å²) in [5, 5.41) is 21.7. The van der Waals surface area contributed by atoms with Crippen molar-refractivity contribution >= 4 is 24.0 Å². The molecule has 0 radical (unpaired) electrons. The Morgan fingerprint density at radius 1 is 1.33 bits per heavy atom. The molecule has 27 heavy (non-hydrogen) atoms. The van der Waals surface area contributed by atoms with Crippen LogP contribution in [-0.4, -0.2) is 28.6 Å². The van der Waals surface area contributed by atoms with E-state index in [1.807, 2.05) is 13.8 Å². The standard InChI is InChI=1S/C20H22N4O2S/c1-13-18(14(2)23-10-6-3-7-11-23)19(16(12-21)20(27)22-13)15-8-4-5-9-17(15)24(25)26/h4-5,8-9,19,27H,3,6-7,10-11H2,1-2H3/b18-14+. The summed E-state index contributed by atoms with van der Waals surface area (Å²) >= 11 is 4.39. The number of rotatable bonds is 3. The molecule has 1 atom stereocenters. The maximum Gasteiger partial charge on any atom is 0.273 e. The number of para-hydroxylation sites is 1. The second-order valence-electron chi connectivity index (χ2n) is 6.84. The molecule has 0 N–H and O–H groups in total. The quantitative estimate of drug-likeness (QED) is 0.471. The Kier molecular flexibility index (Phi) is 5.66. The van der Waals surface area contributed by atoms with Crippen LogP contribution in [0.15, 0.2) is 51.1 Å². The van der Waals surface area contributed by atoms with E-state index < -0.39 is 10.8 Å². The Balaban J connectivity index is 2.24. The summed E-state index contributed by atoms with van der Waals surface area (Å²) in [5.74, 6) is -0.538. The summed E-state index contributed by atoms with van der Waals surface area (Å²) in [6, 6.07) is 8.82. The Labute approximate surface area is 164 Å².